The fraction of sp³-hybridized carbons (Fsp3) is 0.333. The third-order valence-electron chi connectivity index (χ3n) is 2.83. The maximum Gasteiger partial charge on any atom is 0.168 e. The summed E-state index contributed by atoms with van der Waals surface area (Å²) in [5, 5.41) is 6.52. The first-order chi connectivity index (χ1) is 7.86. The van der Waals surface area contributed by atoms with E-state index < -0.39 is 0 Å². The number of aromatic nitrogens is 2. The molecule has 1 fully saturated rings. The fourth-order valence-corrected chi connectivity index (χ4v) is 2.44. The lowest BCUT2D eigenvalue weighted by Gasteiger charge is -2.00. The molecule has 0 spiro atoms. The Kier molecular flexibility index (Phi) is 2.36. The number of hydrogen-bond donors (Lipinski definition) is 0. The smallest absolute Gasteiger partial charge is 0.168 e. The fourth-order valence-electron chi connectivity index (χ4n) is 1.76. The van der Waals surface area contributed by atoms with Crippen molar-refractivity contribution in [2.75, 3.05) is 0 Å². The summed E-state index contributed by atoms with van der Waals surface area (Å²) in [6.07, 6.45) is 3.44. The van der Waals surface area contributed by atoms with Gasteiger partial charge < -0.3 is 0 Å². The highest BCUT2D eigenvalue weighted by Crippen LogP contribution is 2.31. The van der Waals surface area contributed by atoms with Crippen molar-refractivity contribution in [3.8, 4) is 10.6 Å². The van der Waals surface area contributed by atoms with E-state index in [1.165, 1.54) is 12.8 Å². The van der Waals surface area contributed by atoms with Crippen LogP contribution in [0.5, 0.6) is 0 Å². The van der Waals surface area contributed by atoms with Gasteiger partial charge >= 0.3 is 0 Å². The molecule has 3 nitrogen and oxygen atoms in total. The lowest BCUT2D eigenvalue weighted by molar-refractivity contribution is 0.111. The molecule has 0 atom stereocenters. The van der Waals surface area contributed by atoms with Crippen LogP contribution in [0.2, 0.25) is 0 Å². The Labute approximate surface area is 97.7 Å². The first kappa shape index (κ1) is 9.78. The highest BCUT2D eigenvalue weighted by Gasteiger charge is 2.23. The van der Waals surface area contributed by atoms with Gasteiger partial charge in [0.1, 0.15) is 11.4 Å². The minimum atomic E-state index is 0.690. The van der Waals surface area contributed by atoms with Crippen LogP contribution in [-0.4, -0.2) is 16.1 Å². The first-order valence-corrected chi connectivity index (χ1v) is 6.31. The van der Waals surface area contributed by atoms with Crippen LogP contribution in [0.4, 0.5) is 0 Å². The molecule has 4 heteroatoms. The Bertz CT molecular complexity index is 497. The molecule has 2 aromatic rings. The largest absolute Gasteiger partial charge is 0.296 e. The Hall–Kier alpha value is -1.42. The third kappa shape index (κ3) is 1.80. The average Bonchev–Trinajstić information content (AvgIpc) is 2.83. The van der Waals surface area contributed by atoms with Gasteiger partial charge in [-0.25, -0.2) is 0 Å². The van der Waals surface area contributed by atoms with Crippen molar-refractivity contribution in [3.05, 3.63) is 29.3 Å². The van der Waals surface area contributed by atoms with Gasteiger partial charge in [0.05, 0.1) is 4.88 Å². The summed E-state index contributed by atoms with van der Waals surface area (Å²) in [6.45, 7) is 0.888. The molecule has 0 aliphatic heterocycles. The van der Waals surface area contributed by atoms with E-state index in [4.69, 9.17) is 0 Å². The maximum atomic E-state index is 11.0. The normalized spacial score (nSPS) is 15.2. The molecule has 1 aliphatic carbocycles. The van der Waals surface area contributed by atoms with Crippen molar-refractivity contribution in [3.63, 3.8) is 0 Å². The molecule has 1 aliphatic rings. The van der Waals surface area contributed by atoms with Gasteiger partial charge in [-0.3, -0.25) is 9.48 Å². The van der Waals surface area contributed by atoms with E-state index in [9.17, 15) is 4.79 Å². The number of hydrogen-bond acceptors (Lipinski definition) is 3. The molecule has 0 aromatic carbocycles. The van der Waals surface area contributed by atoms with Gasteiger partial charge in [-0.15, -0.1) is 11.3 Å². The number of thiophene rings is 1. The van der Waals surface area contributed by atoms with Crippen LogP contribution in [0, 0.1) is 5.92 Å². The predicted molar refractivity (Wildman–Crippen MR) is 63.7 cm³/mol. The molecular weight excluding hydrogens is 220 g/mol. The van der Waals surface area contributed by atoms with Gasteiger partial charge in [0.25, 0.3) is 0 Å². The van der Waals surface area contributed by atoms with E-state index in [0.29, 0.717) is 5.69 Å². The topological polar surface area (TPSA) is 34.9 Å². The van der Waals surface area contributed by atoms with Crippen LogP contribution in [0.25, 0.3) is 10.6 Å². The van der Waals surface area contributed by atoms with Crippen LogP contribution in [-0.2, 0) is 6.54 Å². The zero-order valence-corrected chi connectivity index (χ0v) is 9.61. The molecule has 0 radical (unpaired) electrons. The summed E-state index contributed by atoms with van der Waals surface area (Å²) in [7, 11) is 0. The summed E-state index contributed by atoms with van der Waals surface area (Å²) in [5.74, 6) is 0.731. The molecule has 0 saturated heterocycles. The zero-order valence-electron chi connectivity index (χ0n) is 8.80. The highest BCUT2D eigenvalue weighted by molar-refractivity contribution is 7.13. The molecular formula is C12H12N2OS. The average molecular weight is 232 g/mol. The predicted octanol–water partition coefficient (Wildman–Crippen LogP) is 2.83. The Morgan fingerprint density at radius 1 is 1.56 bits per heavy atom. The van der Waals surface area contributed by atoms with Gasteiger partial charge in [-0.05, 0) is 36.3 Å². The minimum Gasteiger partial charge on any atom is -0.296 e. The second kappa shape index (κ2) is 3.87. The Morgan fingerprint density at radius 2 is 2.44 bits per heavy atom. The van der Waals surface area contributed by atoms with Crippen molar-refractivity contribution in [1.29, 1.82) is 0 Å². The molecule has 0 amide bonds. The Balaban J connectivity index is 1.94. The van der Waals surface area contributed by atoms with Gasteiger partial charge in [0.2, 0.25) is 0 Å². The van der Waals surface area contributed by atoms with Crippen molar-refractivity contribution in [1.82, 2.24) is 9.78 Å². The van der Waals surface area contributed by atoms with Crippen LogP contribution < -0.4 is 0 Å². The molecule has 2 aromatic heterocycles. The molecule has 82 valence electrons. The number of nitrogens with zero attached hydrogens (tertiary/aromatic N) is 2. The minimum absolute atomic E-state index is 0.690. The van der Waals surface area contributed by atoms with Gasteiger partial charge in [0.15, 0.2) is 6.29 Å². The van der Waals surface area contributed by atoms with E-state index in [1.807, 2.05) is 28.3 Å². The molecule has 2 heterocycles. The molecule has 0 bridgehead atoms. The summed E-state index contributed by atoms with van der Waals surface area (Å²) in [4.78, 5) is 12.1. The number of carbonyl (C=O) groups excluding carboxylic acids is 1. The highest BCUT2D eigenvalue weighted by atomic mass is 32.1. The number of aldehydes is 1. The standard InChI is InChI=1S/C12H12N2OS/c15-8-10-6-11(12-2-1-5-16-12)13-14(10)7-9-3-4-9/h1-2,5-6,8-9H,3-4,7H2. The van der Waals surface area contributed by atoms with E-state index >= 15 is 0 Å². The second-order valence-electron chi connectivity index (χ2n) is 4.18. The maximum absolute atomic E-state index is 11.0. The lowest BCUT2D eigenvalue weighted by atomic mass is 10.3. The van der Waals surface area contributed by atoms with E-state index in [1.54, 1.807) is 11.3 Å². The van der Waals surface area contributed by atoms with Crippen molar-refractivity contribution < 1.29 is 4.79 Å². The molecule has 0 unspecified atom stereocenters. The molecule has 0 N–H and O–H groups in total. The summed E-state index contributed by atoms with van der Waals surface area (Å²) < 4.78 is 1.85. The number of rotatable bonds is 4. The van der Waals surface area contributed by atoms with Crippen LogP contribution in [0.15, 0.2) is 23.6 Å². The van der Waals surface area contributed by atoms with Crippen LogP contribution in [0.1, 0.15) is 23.3 Å². The first-order valence-electron chi connectivity index (χ1n) is 5.44. The number of carbonyl (C=O) groups is 1. The summed E-state index contributed by atoms with van der Waals surface area (Å²) >= 11 is 1.65. The quantitative estimate of drug-likeness (QED) is 0.760. The SMILES string of the molecule is O=Cc1cc(-c2cccs2)nn1CC1CC1. The Morgan fingerprint density at radius 3 is 3.06 bits per heavy atom. The van der Waals surface area contributed by atoms with Crippen LogP contribution >= 0.6 is 11.3 Å². The summed E-state index contributed by atoms with van der Waals surface area (Å²) in [5.41, 5.74) is 1.60. The second-order valence-corrected chi connectivity index (χ2v) is 5.12. The molecule has 3 rings (SSSR count). The van der Waals surface area contributed by atoms with Crippen molar-refractivity contribution in [2.24, 2.45) is 5.92 Å². The van der Waals surface area contributed by atoms with E-state index in [0.717, 1.165) is 29.3 Å². The summed E-state index contributed by atoms with van der Waals surface area (Å²) in [6, 6.07) is 5.91. The lowest BCUT2D eigenvalue weighted by Crippen LogP contribution is -2.05. The van der Waals surface area contributed by atoms with E-state index in [-0.39, 0.29) is 0 Å². The molecule has 1 saturated carbocycles. The van der Waals surface area contributed by atoms with Crippen molar-refractivity contribution >= 4 is 17.6 Å². The van der Waals surface area contributed by atoms with Crippen molar-refractivity contribution in [2.45, 2.75) is 19.4 Å². The van der Waals surface area contributed by atoms with Crippen LogP contribution in [0.3, 0.4) is 0 Å². The van der Waals surface area contributed by atoms with Gasteiger partial charge in [0, 0.05) is 6.54 Å². The molecule has 16 heavy (non-hydrogen) atoms. The monoisotopic (exact) mass is 232 g/mol. The van der Waals surface area contributed by atoms with E-state index in [2.05, 4.69) is 5.10 Å². The van der Waals surface area contributed by atoms with Gasteiger partial charge in [-0.1, -0.05) is 6.07 Å². The van der Waals surface area contributed by atoms with Gasteiger partial charge in [-0.2, -0.15) is 5.10 Å². The zero-order chi connectivity index (χ0) is 11.0. The third-order valence-corrected chi connectivity index (χ3v) is 3.73.